The number of imidazole rings is 1. The zero-order valence-electron chi connectivity index (χ0n) is 10.5. The number of nitrogens with two attached hydrogens (primary N) is 2. The summed E-state index contributed by atoms with van der Waals surface area (Å²) in [5, 5.41) is 0. The molecule has 4 N–H and O–H groups in total. The van der Waals surface area contributed by atoms with Crippen LogP contribution in [0.2, 0.25) is 0 Å². The van der Waals surface area contributed by atoms with Gasteiger partial charge in [-0.3, -0.25) is 0 Å². The maximum atomic E-state index is 12.5. The van der Waals surface area contributed by atoms with E-state index in [1.165, 1.54) is 16.8 Å². The highest BCUT2D eigenvalue weighted by Gasteiger charge is 2.32. The summed E-state index contributed by atoms with van der Waals surface area (Å²) < 4.78 is 38.9. The van der Waals surface area contributed by atoms with Gasteiger partial charge in [0.25, 0.3) is 0 Å². The predicted octanol–water partition coefficient (Wildman–Crippen LogP) is 2.74. The van der Waals surface area contributed by atoms with Crippen molar-refractivity contribution in [3.63, 3.8) is 0 Å². The standard InChI is InChI=1S/C13H13F3N4/c14-13(15,16)9-5-3-7(4-6-9)10-11(17)20(18)12(19-10)8-1-2-8/h3-6,8H,1-2,17-18H2. The van der Waals surface area contributed by atoms with E-state index in [2.05, 4.69) is 4.98 Å². The van der Waals surface area contributed by atoms with Crippen molar-refractivity contribution in [1.29, 1.82) is 0 Å². The topological polar surface area (TPSA) is 69.9 Å². The molecule has 7 heteroatoms. The summed E-state index contributed by atoms with van der Waals surface area (Å²) >= 11 is 0. The maximum Gasteiger partial charge on any atom is 0.416 e. The van der Waals surface area contributed by atoms with E-state index in [9.17, 15) is 13.2 Å². The molecule has 1 fully saturated rings. The summed E-state index contributed by atoms with van der Waals surface area (Å²) in [6.07, 6.45) is -2.32. The molecule has 0 spiro atoms. The van der Waals surface area contributed by atoms with Crippen LogP contribution in [0.1, 0.15) is 30.1 Å². The molecular weight excluding hydrogens is 269 g/mol. The van der Waals surface area contributed by atoms with E-state index in [0.717, 1.165) is 25.0 Å². The van der Waals surface area contributed by atoms with Crippen molar-refractivity contribution in [3.05, 3.63) is 35.7 Å². The van der Waals surface area contributed by atoms with Crippen LogP contribution in [0.3, 0.4) is 0 Å². The van der Waals surface area contributed by atoms with E-state index in [-0.39, 0.29) is 5.82 Å². The molecular formula is C13H13F3N4. The second-order valence-electron chi connectivity index (χ2n) is 4.92. The molecule has 0 bridgehead atoms. The van der Waals surface area contributed by atoms with Gasteiger partial charge in [0.1, 0.15) is 11.5 Å². The van der Waals surface area contributed by atoms with Crippen LogP contribution in [-0.4, -0.2) is 9.66 Å². The number of alkyl halides is 3. The van der Waals surface area contributed by atoms with Crippen molar-refractivity contribution in [2.24, 2.45) is 0 Å². The van der Waals surface area contributed by atoms with E-state index >= 15 is 0 Å². The van der Waals surface area contributed by atoms with Gasteiger partial charge in [-0.25, -0.2) is 9.66 Å². The molecule has 0 radical (unpaired) electrons. The van der Waals surface area contributed by atoms with E-state index in [0.29, 0.717) is 23.0 Å². The highest BCUT2D eigenvalue weighted by atomic mass is 19.4. The van der Waals surface area contributed by atoms with Crippen molar-refractivity contribution < 1.29 is 13.2 Å². The molecule has 1 aromatic heterocycles. The average Bonchev–Trinajstić information content (AvgIpc) is 3.18. The first-order valence-corrected chi connectivity index (χ1v) is 6.18. The van der Waals surface area contributed by atoms with Crippen LogP contribution in [-0.2, 0) is 6.18 Å². The summed E-state index contributed by atoms with van der Waals surface area (Å²) in [6, 6.07) is 4.75. The van der Waals surface area contributed by atoms with Gasteiger partial charge in [-0.15, -0.1) is 0 Å². The smallest absolute Gasteiger partial charge is 0.382 e. The monoisotopic (exact) mass is 282 g/mol. The van der Waals surface area contributed by atoms with Gasteiger partial charge in [0.15, 0.2) is 5.82 Å². The van der Waals surface area contributed by atoms with E-state index in [1.54, 1.807) is 0 Å². The molecule has 1 aliphatic rings. The Morgan fingerprint density at radius 3 is 2.25 bits per heavy atom. The number of hydrogen-bond acceptors (Lipinski definition) is 3. The molecule has 1 heterocycles. The Morgan fingerprint density at radius 1 is 1.15 bits per heavy atom. The second kappa shape index (κ2) is 4.16. The molecule has 0 amide bonds. The molecule has 0 aliphatic heterocycles. The number of rotatable bonds is 2. The molecule has 1 aliphatic carbocycles. The highest BCUT2D eigenvalue weighted by Crippen LogP contribution is 2.41. The zero-order valence-corrected chi connectivity index (χ0v) is 10.5. The molecule has 2 aromatic rings. The number of anilines is 1. The maximum absolute atomic E-state index is 12.5. The minimum absolute atomic E-state index is 0.270. The summed E-state index contributed by atoms with van der Waals surface area (Å²) in [5.41, 5.74) is 6.14. The van der Waals surface area contributed by atoms with Crippen LogP contribution >= 0.6 is 0 Å². The van der Waals surface area contributed by atoms with E-state index in [1.807, 2.05) is 0 Å². The third-order valence-electron chi connectivity index (χ3n) is 3.40. The van der Waals surface area contributed by atoms with Crippen molar-refractivity contribution in [2.75, 3.05) is 11.6 Å². The van der Waals surface area contributed by atoms with Gasteiger partial charge in [0, 0.05) is 11.5 Å². The number of nitrogens with zero attached hydrogens (tertiary/aromatic N) is 2. The Balaban J connectivity index is 1.99. The predicted molar refractivity (Wildman–Crippen MR) is 69.2 cm³/mol. The van der Waals surface area contributed by atoms with Crippen LogP contribution in [0.5, 0.6) is 0 Å². The van der Waals surface area contributed by atoms with Crippen molar-refractivity contribution >= 4 is 5.82 Å². The normalized spacial score (nSPS) is 15.6. The van der Waals surface area contributed by atoms with Crippen LogP contribution in [0.4, 0.5) is 19.0 Å². The van der Waals surface area contributed by atoms with Gasteiger partial charge in [-0.1, -0.05) is 12.1 Å². The molecule has 1 saturated carbocycles. The number of benzene rings is 1. The van der Waals surface area contributed by atoms with E-state index < -0.39 is 11.7 Å². The number of aromatic nitrogens is 2. The lowest BCUT2D eigenvalue weighted by molar-refractivity contribution is -0.137. The Labute approximate surface area is 113 Å². The molecule has 0 unspecified atom stereocenters. The molecule has 106 valence electrons. The third-order valence-corrected chi connectivity index (χ3v) is 3.40. The van der Waals surface area contributed by atoms with Gasteiger partial charge in [-0.2, -0.15) is 13.2 Å². The molecule has 3 rings (SSSR count). The number of hydrogen-bond donors (Lipinski definition) is 2. The largest absolute Gasteiger partial charge is 0.416 e. The summed E-state index contributed by atoms with van der Waals surface area (Å²) in [7, 11) is 0. The first-order chi connectivity index (χ1) is 9.38. The van der Waals surface area contributed by atoms with Crippen LogP contribution in [0.25, 0.3) is 11.3 Å². The molecule has 1 aromatic carbocycles. The SMILES string of the molecule is Nc1c(-c2ccc(C(F)(F)F)cc2)nc(C2CC2)n1N. The zero-order chi connectivity index (χ0) is 14.5. The highest BCUT2D eigenvalue weighted by molar-refractivity contribution is 5.71. The fourth-order valence-corrected chi connectivity index (χ4v) is 2.12. The minimum Gasteiger partial charge on any atom is -0.382 e. The van der Waals surface area contributed by atoms with Crippen molar-refractivity contribution in [3.8, 4) is 11.3 Å². The first-order valence-electron chi connectivity index (χ1n) is 6.18. The fraction of sp³-hybridized carbons (Fsp3) is 0.308. The first kappa shape index (κ1) is 12.8. The van der Waals surface area contributed by atoms with Gasteiger partial charge in [-0.05, 0) is 25.0 Å². The molecule has 0 saturated heterocycles. The van der Waals surface area contributed by atoms with Crippen LogP contribution in [0.15, 0.2) is 24.3 Å². The van der Waals surface area contributed by atoms with Crippen molar-refractivity contribution in [1.82, 2.24) is 9.66 Å². The van der Waals surface area contributed by atoms with Gasteiger partial charge >= 0.3 is 6.18 Å². The molecule has 4 nitrogen and oxygen atoms in total. The van der Waals surface area contributed by atoms with E-state index in [4.69, 9.17) is 11.6 Å². The molecule has 20 heavy (non-hydrogen) atoms. The molecule has 0 atom stereocenters. The summed E-state index contributed by atoms with van der Waals surface area (Å²) in [4.78, 5) is 4.37. The van der Waals surface area contributed by atoms with Gasteiger partial charge < -0.3 is 11.6 Å². The number of nitrogen functional groups attached to an aromatic ring is 2. The second-order valence-corrected chi connectivity index (χ2v) is 4.92. The minimum atomic E-state index is -4.35. The lowest BCUT2D eigenvalue weighted by atomic mass is 10.1. The summed E-state index contributed by atoms with van der Waals surface area (Å²) in [6.45, 7) is 0. The number of halogens is 3. The Morgan fingerprint density at radius 2 is 1.75 bits per heavy atom. The van der Waals surface area contributed by atoms with Gasteiger partial charge in [0.05, 0.1) is 5.56 Å². The average molecular weight is 282 g/mol. The fourth-order valence-electron chi connectivity index (χ4n) is 2.12. The third kappa shape index (κ3) is 2.09. The Bertz CT molecular complexity index is 639. The van der Waals surface area contributed by atoms with Crippen molar-refractivity contribution in [2.45, 2.75) is 24.9 Å². The Hall–Kier alpha value is -2.18. The quantitative estimate of drug-likeness (QED) is 0.832. The summed E-state index contributed by atoms with van der Waals surface area (Å²) in [5.74, 6) is 7.10. The lowest BCUT2D eigenvalue weighted by Crippen LogP contribution is -2.14. The van der Waals surface area contributed by atoms with Crippen LogP contribution in [0, 0.1) is 0 Å². The van der Waals surface area contributed by atoms with Gasteiger partial charge in [0.2, 0.25) is 0 Å². The Kier molecular flexibility index (Phi) is 2.67. The lowest BCUT2D eigenvalue weighted by Gasteiger charge is -2.07. The van der Waals surface area contributed by atoms with Crippen LogP contribution < -0.4 is 11.6 Å².